The van der Waals surface area contributed by atoms with Gasteiger partial charge in [-0.05, 0) is 54.1 Å². The molecule has 186 valence electrons. The molecule has 3 rings (SSSR count). The van der Waals surface area contributed by atoms with Gasteiger partial charge in [-0.2, -0.15) is 23.7 Å². The fourth-order valence-corrected chi connectivity index (χ4v) is 3.20. The Morgan fingerprint density at radius 3 is 2.08 bits per heavy atom. The summed E-state index contributed by atoms with van der Waals surface area (Å²) < 4.78 is 52.6. The van der Waals surface area contributed by atoms with Gasteiger partial charge in [-0.1, -0.05) is 32.9 Å². The standard InChI is InChI=1S/C25H18F4N4O.C2H6/c1-15(24(34)33-21-9-5-18(13-31)23(11-21)25(27,28)29)14-32-20-8-4-17(12-30)22(10-20)16-2-6-19(26)7-3-16;1-2/h2-11,15,32H,14H2,1H3,(H,33,34);1-2H3. The number of alkyl halides is 3. The molecule has 3 aromatic rings. The van der Waals surface area contributed by atoms with Crippen LogP contribution in [0.5, 0.6) is 0 Å². The van der Waals surface area contributed by atoms with Gasteiger partial charge < -0.3 is 10.6 Å². The van der Waals surface area contributed by atoms with Gasteiger partial charge in [-0.3, -0.25) is 4.79 Å². The third-order valence-electron chi connectivity index (χ3n) is 5.07. The molecule has 0 aromatic heterocycles. The highest BCUT2D eigenvalue weighted by Gasteiger charge is 2.34. The number of hydrogen-bond acceptors (Lipinski definition) is 4. The van der Waals surface area contributed by atoms with Gasteiger partial charge in [0, 0.05) is 23.5 Å². The summed E-state index contributed by atoms with van der Waals surface area (Å²) in [4.78, 5) is 12.5. The molecule has 0 aliphatic carbocycles. The number of amides is 1. The van der Waals surface area contributed by atoms with Crippen molar-refractivity contribution in [1.82, 2.24) is 0 Å². The van der Waals surface area contributed by atoms with E-state index in [4.69, 9.17) is 5.26 Å². The SMILES string of the molecule is CC.CC(CNc1ccc(C#N)c(-c2ccc(F)cc2)c1)C(=O)Nc1ccc(C#N)c(C(F)(F)F)c1. The molecule has 0 heterocycles. The Morgan fingerprint density at radius 1 is 0.917 bits per heavy atom. The molecule has 1 unspecified atom stereocenters. The minimum atomic E-state index is -4.73. The molecular formula is C27H24F4N4O. The summed E-state index contributed by atoms with van der Waals surface area (Å²) in [5.41, 5.74) is 0.512. The van der Waals surface area contributed by atoms with Gasteiger partial charge in [-0.25, -0.2) is 4.39 Å². The van der Waals surface area contributed by atoms with E-state index in [9.17, 15) is 27.6 Å². The first kappa shape index (κ1) is 27.9. The summed E-state index contributed by atoms with van der Waals surface area (Å²) in [6.45, 7) is 5.75. The molecule has 0 radical (unpaired) electrons. The molecule has 0 aliphatic heterocycles. The molecule has 3 aromatic carbocycles. The third kappa shape index (κ3) is 7.07. The molecule has 2 N–H and O–H groups in total. The van der Waals surface area contributed by atoms with Crippen LogP contribution in [0.25, 0.3) is 11.1 Å². The fraction of sp³-hybridized carbons (Fsp3) is 0.222. The Labute approximate surface area is 207 Å². The zero-order chi connectivity index (χ0) is 26.9. The fourth-order valence-electron chi connectivity index (χ4n) is 3.20. The van der Waals surface area contributed by atoms with Crippen molar-refractivity contribution in [3.05, 3.63) is 83.2 Å². The second-order valence-electron chi connectivity index (χ2n) is 7.52. The van der Waals surface area contributed by atoms with Crippen molar-refractivity contribution in [2.45, 2.75) is 26.9 Å². The maximum absolute atomic E-state index is 13.2. The molecule has 0 bridgehead atoms. The summed E-state index contributed by atoms with van der Waals surface area (Å²) in [7, 11) is 0. The topological polar surface area (TPSA) is 88.7 Å². The van der Waals surface area contributed by atoms with Gasteiger partial charge in [-0.15, -0.1) is 0 Å². The number of nitriles is 2. The van der Waals surface area contributed by atoms with Gasteiger partial charge in [0.25, 0.3) is 0 Å². The van der Waals surface area contributed by atoms with Crippen LogP contribution in [-0.4, -0.2) is 12.5 Å². The normalized spacial score (nSPS) is 11.2. The molecule has 36 heavy (non-hydrogen) atoms. The summed E-state index contributed by atoms with van der Waals surface area (Å²) >= 11 is 0. The molecule has 0 saturated heterocycles. The number of nitrogens with one attached hydrogen (secondary N) is 2. The zero-order valence-corrected chi connectivity index (χ0v) is 19.9. The van der Waals surface area contributed by atoms with E-state index < -0.39 is 34.9 Å². The highest BCUT2D eigenvalue weighted by Crippen LogP contribution is 2.33. The summed E-state index contributed by atoms with van der Waals surface area (Å²) in [5.74, 6) is -1.55. The van der Waals surface area contributed by atoms with E-state index in [0.717, 1.165) is 12.1 Å². The van der Waals surface area contributed by atoms with Crippen LogP contribution in [0.15, 0.2) is 60.7 Å². The number of halogens is 4. The Morgan fingerprint density at radius 2 is 1.50 bits per heavy atom. The molecule has 5 nitrogen and oxygen atoms in total. The summed E-state index contributed by atoms with van der Waals surface area (Å²) in [6, 6.07) is 17.2. The molecule has 9 heteroatoms. The lowest BCUT2D eigenvalue weighted by Gasteiger charge is -2.16. The van der Waals surface area contributed by atoms with Crippen LogP contribution >= 0.6 is 0 Å². The molecule has 0 saturated carbocycles. The average Bonchev–Trinajstić information content (AvgIpc) is 2.88. The van der Waals surface area contributed by atoms with Crippen molar-refractivity contribution in [3.63, 3.8) is 0 Å². The van der Waals surface area contributed by atoms with E-state index in [1.165, 1.54) is 24.3 Å². The van der Waals surface area contributed by atoms with Gasteiger partial charge in [0.2, 0.25) is 5.91 Å². The monoisotopic (exact) mass is 496 g/mol. The minimum Gasteiger partial charge on any atom is -0.384 e. The lowest BCUT2D eigenvalue weighted by molar-refractivity contribution is -0.137. The highest BCUT2D eigenvalue weighted by atomic mass is 19.4. The van der Waals surface area contributed by atoms with Crippen LogP contribution in [0.3, 0.4) is 0 Å². The maximum Gasteiger partial charge on any atom is 0.417 e. The van der Waals surface area contributed by atoms with E-state index in [1.807, 2.05) is 13.8 Å². The molecule has 0 fully saturated rings. The largest absolute Gasteiger partial charge is 0.417 e. The van der Waals surface area contributed by atoms with E-state index in [-0.39, 0.29) is 12.2 Å². The van der Waals surface area contributed by atoms with Crippen molar-refractivity contribution in [1.29, 1.82) is 10.5 Å². The van der Waals surface area contributed by atoms with Crippen molar-refractivity contribution in [2.24, 2.45) is 5.92 Å². The van der Waals surface area contributed by atoms with Crippen LogP contribution in [0.1, 0.15) is 37.5 Å². The van der Waals surface area contributed by atoms with E-state index in [1.54, 1.807) is 37.3 Å². The maximum atomic E-state index is 13.2. The number of hydrogen-bond donors (Lipinski definition) is 2. The third-order valence-corrected chi connectivity index (χ3v) is 5.07. The Hall–Kier alpha value is -4.37. The minimum absolute atomic E-state index is 0.0693. The predicted octanol–water partition coefficient (Wildman–Crippen LogP) is 6.97. The molecular weight excluding hydrogens is 472 g/mol. The van der Waals surface area contributed by atoms with Crippen molar-refractivity contribution < 1.29 is 22.4 Å². The van der Waals surface area contributed by atoms with Crippen molar-refractivity contribution in [3.8, 4) is 23.3 Å². The van der Waals surface area contributed by atoms with Gasteiger partial charge >= 0.3 is 6.18 Å². The Kier molecular flexibility index (Phi) is 9.57. The van der Waals surface area contributed by atoms with E-state index in [0.29, 0.717) is 22.4 Å². The summed E-state index contributed by atoms with van der Waals surface area (Å²) in [5, 5.41) is 23.8. The van der Waals surface area contributed by atoms with Crippen LogP contribution in [0.2, 0.25) is 0 Å². The van der Waals surface area contributed by atoms with Gasteiger partial charge in [0.05, 0.1) is 34.7 Å². The van der Waals surface area contributed by atoms with E-state index in [2.05, 4.69) is 16.7 Å². The van der Waals surface area contributed by atoms with Crippen LogP contribution in [0, 0.1) is 34.4 Å². The number of benzene rings is 3. The van der Waals surface area contributed by atoms with Gasteiger partial charge in [0.15, 0.2) is 0 Å². The Balaban J connectivity index is 0.00000222. The van der Waals surface area contributed by atoms with Crippen LogP contribution in [-0.2, 0) is 11.0 Å². The van der Waals surface area contributed by atoms with Crippen molar-refractivity contribution in [2.75, 3.05) is 17.2 Å². The summed E-state index contributed by atoms with van der Waals surface area (Å²) in [6.07, 6.45) is -4.73. The van der Waals surface area contributed by atoms with E-state index >= 15 is 0 Å². The van der Waals surface area contributed by atoms with Gasteiger partial charge in [0.1, 0.15) is 5.82 Å². The smallest absolute Gasteiger partial charge is 0.384 e. The predicted molar refractivity (Wildman–Crippen MR) is 130 cm³/mol. The Bertz CT molecular complexity index is 1290. The quantitative estimate of drug-likeness (QED) is 0.361. The van der Waals surface area contributed by atoms with Crippen LogP contribution in [0.4, 0.5) is 28.9 Å². The number of carbonyl (C=O) groups is 1. The average molecular weight is 497 g/mol. The highest BCUT2D eigenvalue weighted by molar-refractivity contribution is 5.93. The molecule has 1 amide bonds. The number of rotatable bonds is 6. The first-order valence-electron chi connectivity index (χ1n) is 11.1. The second-order valence-corrected chi connectivity index (χ2v) is 7.52. The molecule has 1 atom stereocenters. The first-order valence-corrected chi connectivity index (χ1v) is 11.1. The van der Waals surface area contributed by atoms with Crippen LogP contribution < -0.4 is 10.6 Å². The van der Waals surface area contributed by atoms with Crippen molar-refractivity contribution >= 4 is 17.3 Å². The molecule has 0 aliphatic rings. The number of carbonyl (C=O) groups excluding carboxylic acids is 1. The number of anilines is 2. The first-order chi connectivity index (χ1) is 17.1. The number of nitrogens with zero attached hydrogens (tertiary/aromatic N) is 2. The second kappa shape index (κ2) is 12.4. The lowest BCUT2D eigenvalue weighted by Crippen LogP contribution is -2.26. The zero-order valence-electron chi connectivity index (χ0n) is 19.9. The lowest BCUT2D eigenvalue weighted by atomic mass is 9.99. The molecule has 0 spiro atoms.